The van der Waals surface area contributed by atoms with E-state index in [9.17, 15) is 0 Å². The van der Waals surface area contributed by atoms with Crippen LogP contribution < -0.4 is 10.1 Å². The monoisotopic (exact) mass is 222 g/mol. The topological polar surface area (TPSA) is 34.2 Å². The van der Waals surface area contributed by atoms with Crippen molar-refractivity contribution in [2.24, 2.45) is 0 Å². The molecular weight excluding hydrogens is 200 g/mol. The third kappa shape index (κ3) is 3.49. The molecule has 0 aliphatic carbocycles. The molecule has 3 heteroatoms. The van der Waals surface area contributed by atoms with Gasteiger partial charge in [-0.2, -0.15) is 0 Å². The zero-order valence-electron chi connectivity index (χ0n) is 10.5. The van der Waals surface area contributed by atoms with E-state index in [0.29, 0.717) is 6.04 Å². The van der Waals surface area contributed by atoms with Gasteiger partial charge in [-0.05, 0) is 25.5 Å². The van der Waals surface area contributed by atoms with Gasteiger partial charge in [0.05, 0.1) is 7.11 Å². The predicted octanol–water partition coefficient (Wildman–Crippen LogP) is 2.93. The third-order valence-electron chi connectivity index (χ3n) is 2.59. The van der Waals surface area contributed by atoms with Gasteiger partial charge in [-0.15, -0.1) is 0 Å². The summed E-state index contributed by atoms with van der Waals surface area (Å²) in [6.45, 7) is 5.41. The van der Waals surface area contributed by atoms with Gasteiger partial charge in [0.15, 0.2) is 0 Å². The van der Waals surface area contributed by atoms with E-state index in [-0.39, 0.29) is 0 Å². The molecular formula is C13H22N2O. The van der Waals surface area contributed by atoms with E-state index < -0.39 is 0 Å². The molecule has 16 heavy (non-hydrogen) atoms. The second-order valence-electron chi connectivity index (χ2n) is 3.90. The Bertz CT molecular complexity index is 302. The Labute approximate surface area is 98.2 Å². The fraction of sp³-hybridized carbons (Fsp3) is 0.615. The van der Waals surface area contributed by atoms with E-state index in [1.807, 2.05) is 6.07 Å². The fourth-order valence-electron chi connectivity index (χ4n) is 1.81. The number of aromatic nitrogens is 1. The molecule has 90 valence electrons. The minimum absolute atomic E-state index is 0.355. The van der Waals surface area contributed by atoms with Gasteiger partial charge in [0, 0.05) is 17.8 Å². The molecule has 0 radical (unpaired) electrons. The van der Waals surface area contributed by atoms with Gasteiger partial charge in [-0.3, -0.25) is 0 Å². The molecule has 1 heterocycles. The highest BCUT2D eigenvalue weighted by Crippen LogP contribution is 2.25. The Morgan fingerprint density at radius 1 is 1.38 bits per heavy atom. The van der Waals surface area contributed by atoms with Gasteiger partial charge in [-0.25, -0.2) is 4.98 Å². The first-order valence-corrected chi connectivity index (χ1v) is 6.05. The van der Waals surface area contributed by atoms with Crippen LogP contribution in [0.5, 0.6) is 5.88 Å². The van der Waals surface area contributed by atoms with E-state index in [2.05, 4.69) is 30.2 Å². The highest BCUT2D eigenvalue weighted by molar-refractivity contribution is 5.28. The Hall–Kier alpha value is -1.09. The van der Waals surface area contributed by atoms with Gasteiger partial charge < -0.3 is 10.1 Å². The van der Waals surface area contributed by atoms with Crippen LogP contribution in [0.25, 0.3) is 0 Å². The quantitative estimate of drug-likeness (QED) is 0.770. The Morgan fingerprint density at radius 3 is 2.81 bits per heavy atom. The Kier molecular flexibility index (Phi) is 5.86. The van der Waals surface area contributed by atoms with Crippen LogP contribution in [-0.2, 0) is 0 Å². The molecule has 0 bridgehead atoms. The van der Waals surface area contributed by atoms with Crippen molar-refractivity contribution in [3.63, 3.8) is 0 Å². The molecule has 1 rings (SSSR count). The summed E-state index contributed by atoms with van der Waals surface area (Å²) >= 11 is 0. The molecule has 0 saturated carbocycles. The maximum atomic E-state index is 5.30. The van der Waals surface area contributed by atoms with E-state index in [1.165, 1.54) is 5.56 Å². The van der Waals surface area contributed by atoms with Crippen molar-refractivity contribution in [2.75, 3.05) is 13.7 Å². The summed E-state index contributed by atoms with van der Waals surface area (Å²) in [5, 5.41) is 3.54. The average molecular weight is 222 g/mol. The number of nitrogens with one attached hydrogen (secondary N) is 1. The zero-order valence-corrected chi connectivity index (χ0v) is 10.5. The molecule has 3 nitrogen and oxygen atoms in total. The Morgan fingerprint density at radius 2 is 2.19 bits per heavy atom. The van der Waals surface area contributed by atoms with Crippen LogP contribution in [0, 0.1) is 0 Å². The molecule has 0 fully saturated rings. The number of pyridine rings is 1. The third-order valence-corrected chi connectivity index (χ3v) is 2.59. The average Bonchev–Trinajstić information content (AvgIpc) is 2.34. The first kappa shape index (κ1) is 13.0. The number of methoxy groups -OCH3 is 1. The molecule has 1 aromatic heterocycles. The number of rotatable bonds is 7. The summed E-state index contributed by atoms with van der Waals surface area (Å²) in [6, 6.07) is 4.41. The first-order valence-electron chi connectivity index (χ1n) is 6.05. The van der Waals surface area contributed by atoms with E-state index >= 15 is 0 Å². The van der Waals surface area contributed by atoms with Crippen LogP contribution in [0.3, 0.4) is 0 Å². The van der Waals surface area contributed by atoms with Crippen LogP contribution in [0.4, 0.5) is 0 Å². The van der Waals surface area contributed by atoms with Crippen molar-refractivity contribution in [1.29, 1.82) is 0 Å². The van der Waals surface area contributed by atoms with Gasteiger partial charge >= 0.3 is 0 Å². The maximum Gasteiger partial charge on any atom is 0.217 e. The number of nitrogens with zero attached hydrogens (tertiary/aromatic N) is 1. The summed E-state index contributed by atoms with van der Waals surface area (Å²) in [5.41, 5.74) is 1.17. The molecule has 0 aromatic carbocycles. The lowest BCUT2D eigenvalue weighted by Gasteiger charge is -2.19. The molecule has 0 saturated heterocycles. The number of hydrogen-bond acceptors (Lipinski definition) is 3. The van der Waals surface area contributed by atoms with Crippen molar-refractivity contribution >= 4 is 0 Å². The first-order chi connectivity index (χ1) is 7.83. The molecule has 0 amide bonds. The number of hydrogen-bond donors (Lipinski definition) is 1. The lowest BCUT2D eigenvalue weighted by atomic mass is 10.0. The zero-order chi connectivity index (χ0) is 11.8. The van der Waals surface area contributed by atoms with Crippen LogP contribution in [0.15, 0.2) is 18.3 Å². The minimum atomic E-state index is 0.355. The predicted molar refractivity (Wildman–Crippen MR) is 66.7 cm³/mol. The lowest BCUT2D eigenvalue weighted by Crippen LogP contribution is -2.22. The minimum Gasteiger partial charge on any atom is -0.481 e. The molecule has 0 aliphatic rings. The van der Waals surface area contributed by atoms with Gasteiger partial charge in [-0.1, -0.05) is 26.3 Å². The standard InChI is InChI=1S/C13H22N2O/c1-4-7-12(14-9-5-2)11-8-6-10-15-13(11)16-3/h6,8,10,12,14H,4-5,7,9H2,1-3H3. The summed E-state index contributed by atoms with van der Waals surface area (Å²) < 4.78 is 5.30. The molecule has 1 unspecified atom stereocenters. The van der Waals surface area contributed by atoms with E-state index in [4.69, 9.17) is 4.74 Å². The molecule has 1 aromatic rings. The van der Waals surface area contributed by atoms with Crippen LogP contribution in [0.1, 0.15) is 44.7 Å². The largest absolute Gasteiger partial charge is 0.481 e. The summed E-state index contributed by atoms with van der Waals surface area (Å²) in [6.07, 6.45) is 5.18. The van der Waals surface area contributed by atoms with Crippen molar-refractivity contribution in [3.05, 3.63) is 23.9 Å². The highest BCUT2D eigenvalue weighted by Gasteiger charge is 2.14. The van der Waals surface area contributed by atoms with Crippen LogP contribution in [-0.4, -0.2) is 18.6 Å². The Balaban J connectivity index is 2.81. The summed E-state index contributed by atoms with van der Waals surface area (Å²) in [7, 11) is 1.68. The number of ether oxygens (including phenoxy) is 1. The fourth-order valence-corrected chi connectivity index (χ4v) is 1.81. The molecule has 0 spiro atoms. The van der Waals surface area contributed by atoms with E-state index in [1.54, 1.807) is 13.3 Å². The van der Waals surface area contributed by atoms with Crippen LogP contribution in [0.2, 0.25) is 0 Å². The SMILES string of the molecule is CCCNC(CCC)c1cccnc1OC. The van der Waals surface area contributed by atoms with Crippen molar-refractivity contribution < 1.29 is 4.74 Å². The summed E-state index contributed by atoms with van der Waals surface area (Å²) in [5.74, 6) is 0.740. The van der Waals surface area contributed by atoms with Gasteiger partial charge in [0.1, 0.15) is 0 Å². The van der Waals surface area contributed by atoms with Crippen molar-refractivity contribution in [3.8, 4) is 5.88 Å². The van der Waals surface area contributed by atoms with Crippen molar-refractivity contribution in [2.45, 2.75) is 39.2 Å². The molecule has 0 aliphatic heterocycles. The molecule has 1 atom stereocenters. The normalized spacial score (nSPS) is 12.4. The second-order valence-corrected chi connectivity index (χ2v) is 3.90. The maximum absolute atomic E-state index is 5.30. The second kappa shape index (κ2) is 7.23. The van der Waals surface area contributed by atoms with Gasteiger partial charge in [0.2, 0.25) is 5.88 Å². The summed E-state index contributed by atoms with van der Waals surface area (Å²) in [4.78, 5) is 4.25. The van der Waals surface area contributed by atoms with Crippen molar-refractivity contribution in [1.82, 2.24) is 10.3 Å². The lowest BCUT2D eigenvalue weighted by molar-refractivity contribution is 0.378. The highest BCUT2D eigenvalue weighted by atomic mass is 16.5. The molecule has 1 N–H and O–H groups in total. The smallest absolute Gasteiger partial charge is 0.217 e. The van der Waals surface area contributed by atoms with Gasteiger partial charge in [0.25, 0.3) is 0 Å². The van der Waals surface area contributed by atoms with Crippen LogP contribution >= 0.6 is 0 Å². The van der Waals surface area contributed by atoms with E-state index in [0.717, 1.165) is 31.7 Å².